The summed E-state index contributed by atoms with van der Waals surface area (Å²) in [6.07, 6.45) is 1.53. The van der Waals surface area contributed by atoms with Gasteiger partial charge in [0.05, 0.1) is 16.8 Å². The van der Waals surface area contributed by atoms with Crippen molar-refractivity contribution in [3.8, 4) is 11.3 Å². The molecule has 0 unspecified atom stereocenters. The number of nitrogens with one attached hydrogen (secondary N) is 1. The minimum Gasteiger partial charge on any atom is -0.258 e. The summed E-state index contributed by atoms with van der Waals surface area (Å²) < 4.78 is 0. The topological polar surface area (TPSA) is 80.4 Å². The van der Waals surface area contributed by atoms with Gasteiger partial charge in [-0.1, -0.05) is 29.8 Å². The number of hydrogen-bond donors (Lipinski definition) is 1. The molecule has 2 aromatic carbocycles. The van der Waals surface area contributed by atoms with Crippen molar-refractivity contribution in [3.63, 3.8) is 0 Å². The van der Waals surface area contributed by atoms with Gasteiger partial charge in [-0.2, -0.15) is 5.10 Å². The highest BCUT2D eigenvalue weighted by atomic mass is 32.1. The first kappa shape index (κ1) is 16.8. The van der Waals surface area contributed by atoms with Gasteiger partial charge in [0.2, 0.25) is 5.13 Å². The highest BCUT2D eigenvalue weighted by Gasteiger charge is 2.07. The van der Waals surface area contributed by atoms with E-state index in [0.29, 0.717) is 10.7 Å². The molecule has 0 radical (unpaired) electrons. The molecule has 6 nitrogen and oxygen atoms in total. The summed E-state index contributed by atoms with van der Waals surface area (Å²) in [5.74, 6) is 0. The summed E-state index contributed by atoms with van der Waals surface area (Å²) in [5, 5.41) is 17.5. The zero-order valence-electron chi connectivity index (χ0n) is 13.8. The standard InChI is InChI=1S/C18H16N4O2S/c1-12-6-7-13(2)16(8-12)17-11-25-18(20-17)21-19-10-14-4-3-5-15(9-14)22(23)24/h3-11H,1-2H3,(H,20,21)/b19-10+. The van der Waals surface area contributed by atoms with Crippen LogP contribution in [0.3, 0.4) is 0 Å². The largest absolute Gasteiger partial charge is 0.270 e. The van der Waals surface area contributed by atoms with Gasteiger partial charge >= 0.3 is 0 Å². The summed E-state index contributed by atoms with van der Waals surface area (Å²) in [6, 6.07) is 12.6. The molecule has 0 aliphatic carbocycles. The first-order valence-electron chi connectivity index (χ1n) is 7.59. The number of hydrogen-bond acceptors (Lipinski definition) is 6. The van der Waals surface area contributed by atoms with Crippen molar-refractivity contribution in [1.29, 1.82) is 0 Å². The van der Waals surface area contributed by atoms with Crippen molar-refractivity contribution in [2.75, 3.05) is 5.43 Å². The molecule has 0 spiro atoms. The number of anilines is 1. The molecule has 1 N–H and O–H groups in total. The number of benzene rings is 2. The van der Waals surface area contributed by atoms with Crippen molar-refractivity contribution >= 4 is 28.4 Å². The molecule has 0 atom stereocenters. The number of nitrogens with zero attached hydrogens (tertiary/aromatic N) is 3. The molecule has 3 aromatic rings. The SMILES string of the molecule is Cc1ccc(C)c(-c2csc(N/N=C/c3cccc([N+](=O)[O-])c3)n2)c1. The van der Waals surface area contributed by atoms with E-state index >= 15 is 0 Å². The van der Waals surface area contributed by atoms with Crippen LogP contribution in [0, 0.1) is 24.0 Å². The van der Waals surface area contributed by atoms with Gasteiger partial charge in [-0.3, -0.25) is 15.5 Å². The number of aryl methyl sites for hydroxylation is 2. The highest BCUT2D eigenvalue weighted by molar-refractivity contribution is 7.14. The minimum atomic E-state index is -0.429. The number of nitro benzene ring substituents is 1. The molecular weight excluding hydrogens is 336 g/mol. The van der Waals surface area contributed by atoms with Crippen molar-refractivity contribution in [2.45, 2.75) is 13.8 Å². The monoisotopic (exact) mass is 352 g/mol. The predicted molar refractivity (Wildman–Crippen MR) is 101 cm³/mol. The smallest absolute Gasteiger partial charge is 0.258 e. The molecule has 0 aliphatic rings. The van der Waals surface area contributed by atoms with Crippen molar-refractivity contribution in [3.05, 3.63) is 74.6 Å². The first-order chi connectivity index (χ1) is 12.0. The Hall–Kier alpha value is -3.06. The van der Waals surface area contributed by atoms with Crippen LogP contribution >= 0.6 is 11.3 Å². The molecule has 1 heterocycles. The average Bonchev–Trinajstić information content (AvgIpc) is 3.06. The number of hydrazone groups is 1. The number of aromatic nitrogens is 1. The van der Waals surface area contributed by atoms with Gasteiger partial charge in [0.1, 0.15) is 0 Å². The molecule has 0 amide bonds. The summed E-state index contributed by atoms with van der Waals surface area (Å²) in [5.41, 5.74) is 7.92. The average molecular weight is 352 g/mol. The molecular formula is C18H16N4O2S. The zero-order valence-corrected chi connectivity index (χ0v) is 14.6. The third-order valence-corrected chi connectivity index (χ3v) is 4.37. The number of non-ortho nitro benzene ring substituents is 1. The Bertz CT molecular complexity index is 950. The molecule has 0 fully saturated rings. The predicted octanol–water partition coefficient (Wildman–Crippen LogP) is 4.78. The molecule has 0 saturated heterocycles. The quantitative estimate of drug-likeness (QED) is 0.407. The van der Waals surface area contributed by atoms with E-state index in [1.54, 1.807) is 12.1 Å². The molecule has 25 heavy (non-hydrogen) atoms. The minimum absolute atomic E-state index is 0.0374. The molecule has 3 rings (SSSR count). The summed E-state index contributed by atoms with van der Waals surface area (Å²) in [4.78, 5) is 14.9. The Morgan fingerprint density at radius 2 is 2.08 bits per heavy atom. The Morgan fingerprint density at radius 1 is 1.24 bits per heavy atom. The first-order valence-corrected chi connectivity index (χ1v) is 8.47. The molecule has 7 heteroatoms. The van der Waals surface area contributed by atoms with E-state index in [-0.39, 0.29) is 5.69 Å². The van der Waals surface area contributed by atoms with E-state index in [1.165, 1.54) is 40.8 Å². The van der Waals surface area contributed by atoms with Crippen LogP contribution in [0.15, 0.2) is 52.9 Å². The van der Waals surface area contributed by atoms with Crippen LogP contribution in [0.4, 0.5) is 10.8 Å². The van der Waals surface area contributed by atoms with Gasteiger partial charge in [0.15, 0.2) is 0 Å². The fourth-order valence-corrected chi connectivity index (χ4v) is 3.00. The van der Waals surface area contributed by atoms with Gasteiger partial charge in [0.25, 0.3) is 5.69 Å². The third kappa shape index (κ3) is 4.07. The number of nitro groups is 1. The molecule has 0 aliphatic heterocycles. The van der Waals surface area contributed by atoms with Gasteiger partial charge in [0, 0.05) is 28.6 Å². The van der Waals surface area contributed by atoms with E-state index in [4.69, 9.17) is 0 Å². The van der Waals surface area contributed by atoms with Crippen LogP contribution in [0.5, 0.6) is 0 Å². The van der Waals surface area contributed by atoms with E-state index in [1.807, 2.05) is 5.38 Å². The number of rotatable bonds is 5. The Labute approximate surface area is 149 Å². The second-order valence-electron chi connectivity index (χ2n) is 5.58. The van der Waals surface area contributed by atoms with Crippen LogP contribution in [-0.4, -0.2) is 16.1 Å². The van der Waals surface area contributed by atoms with E-state index in [9.17, 15) is 10.1 Å². The maximum atomic E-state index is 10.8. The van der Waals surface area contributed by atoms with Crippen LogP contribution < -0.4 is 5.43 Å². The van der Waals surface area contributed by atoms with E-state index in [0.717, 1.165) is 11.3 Å². The van der Waals surface area contributed by atoms with Crippen molar-refractivity contribution in [1.82, 2.24) is 4.98 Å². The van der Waals surface area contributed by atoms with Crippen LogP contribution in [0.25, 0.3) is 11.3 Å². The number of thiazole rings is 1. The lowest BCUT2D eigenvalue weighted by atomic mass is 10.0. The van der Waals surface area contributed by atoms with Gasteiger partial charge in [-0.25, -0.2) is 4.98 Å². The lowest BCUT2D eigenvalue weighted by Crippen LogP contribution is -1.92. The van der Waals surface area contributed by atoms with Crippen LogP contribution in [-0.2, 0) is 0 Å². The third-order valence-electron chi connectivity index (χ3n) is 3.63. The Kier molecular flexibility index (Phi) is 4.85. The normalized spacial score (nSPS) is 11.0. The van der Waals surface area contributed by atoms with Crippen molar-refractivity contribution < 1.29 is 4.92 Å². The maximum absolute atomic E-state index is 10.8. The molecule has 0 bridgehead atoms. The van der Waals surface area contributed by atoms with Crippen LogP contribution in [0.1, 0.15) is 16.7 Å². The summed E-state index contributed by atoms with van der Waals surface area (Å²) in [7, 11) is 0. The zero-order chi connectivity index (χ0) is 17.8. The molecule has 1 aromatic heterocycles. The molecule has 0 saturated carbocycles. The van der Waals surface area contributed by atoms with E-state index < -0.39 is 4.92 Å². The second kappa shape index (κ2) is 7.23. The lowest BCUT2D eigenvalue weighted by molar-refractivity contribution is -0.384. The maximum Gasteiger partial charge on any atom is 0.270 e. The van der Waals surface area contributed by atoms with Crippen molar-refractivity contribution in [2.24, 2.45) is 5.10 Å². The Balaban J connectivity index is 1.73. The molecule has 126 valence electrons. The summed E-state index contributed by atoms with van der Waals surface area (Å²) >= 11 is 1.46. The second-order valence-corrected chi connectivity index (χ2v) is 6.44. The summed E-state index contributed by atoms with van der Waals surface area (Å²) in [6.45, 7) is 4.11. The van der Waals surface area contributed by atoms with Gasteiger partial charge in [-0.05, 0) is 25.5 Å². The van der Waals surface area contributed by atoms with Crippen LogP contribution in [0.2, 0.25) is 0 Å². The van der Waals surface area contributed by atoms with Gasteiger partial charge in [-0.15, -0.1) is 11.3 Å². The fourth-order valence-electron chi connectivity index (χ4n) is 2.34. The Morgan fingerprint density at radius 3 is 2.88 bits per heavy atom. The van der Waals surface area contributed by atoms with Gasteiger partial charge < -0.3 is 0 Å². The lowest BCUT2D eigenvalue weighted by Gasteiger charge is -2.03. The van der Waals surface area contributed by atoms with E-state index in [2.05, 4.69) is 47.6 Å². The fraction of sp³-hybridized carbons (Fsp3) is 0.111. The highest BCUT2D eigenvalue weighted by Crippen LogP contribution is 2.28.